The Balaban J connectivity index is 1.61. The van der Waals surface area contributed by atoms with E-state index in [1.54, 1.807) is 4.90 Å². The zero-order valence-electron chi connectivity index (χ0n) is 14.4. The van der Waals surface area contributed by atoms with Gasteiger partial charge in [-0.1, -0.05) is 30.3 Å². The average molecular weight is 340 g/mol. The summed E-state index contributed by atoms with van der Waals surface area (Å²) in [5, 5.41) is 12.0. The Labute approximate surface area is 148 Å². The number of anilines is 1. The van der Waals surface area contributed by atoms with E-state index in [0.717, 1.165) is 18.4 Å². The molecule has 2 amide bonds. The number of benzene rings is 2. The standard InChI is InChI=1S/C20H24N2O3/c1-15-5-2-3-6-16(15)14-25-19-8-4-7-17(13-19)21-20(24)22(11-12-23)18-9-10-18/h2-8,13,18,23H,9-12,14H2,1H3,(H,21,24). The van der Waals surface area contributed by atoms with E-state index in [0.29, 0.717) is 24.6 Å². The maximum atomic E-state index is 12.4. The first kappa shape index (κ1) is 17.3. The van der Waals surface area contributed by atoms with Crippen molar-refractivity contribution in [2.24, 2.45) is 0 Å². The first-order valence-electron chi connectivity index (χ1n) is 8.63. The van der Waals surface area contributed by atoms with Crippen molar-refractivity contribution < 1.29 is 14.6 Å². The summed E-state index contributed by atoms with van der Waals surface area (Å²) >= 11 is 0. The summed E-state index contributed by atoms with van der Waals surface area (Å²) < 4.78 is 5.86. The first-order valence-corrected chi connectivity index (χ1v) is 8.63. The number of amides is 2. The lowest BCUT2D eigenvalue weighted by atomic mass is 10.1. The minimum atomic E-state index is -0.174. The zero-order chi connectivity index (χ0) is 17.6. The van der Waals surface area contributed by atoms with E-state index < -0.39 is 0 Å². The van der Waals surface area contributed by atoms with Crippen LogP contribution < -0.4 is 10.1 Å². The minimum absolute atomic E-state index is 0.0243. The molecule has 0 aromatic heterocycles. The third-order valence-electron chi connectivity index (χ3n) is 4.33. The maximum absolute atomic E-state index is 12.4. The van der Waals surface area contributed by atoms with E-state index in [9.17, 15) is 4.79 Å². The minimum Gasteiger partial charge on any atom is -0.489 e. The fourth-order valence-corrected chi connectivity index (χ4v) is 2.74. The van der Waals surface area contributed by atoms with Crippen LogP contribution in [-0.4, -0.2) is 35.2 Å². The number of urea groups is 1. The van der Waals surface area contributed by atoms with Crippen LogP contribution in [0.1, 0.15) is 24.0 Å². The van der Waals surface area contributed by atoms with Crippen LogP contribution >= 0.6 is 0 Å². The predicted molar refractivity (Wildman–Crippen MR) is 97.8 cm³/mol. The molecule has 0 bridgehead atoms. The molecule has 1 saturated carbocycles. The molecule has 25 heavy (non-hydrogen) atoms. The van der Waals surface area contributed by atoms with Crippen molar-refractivity contribution in [3.05, 3.63) is 59.7 Å². The quantitative estimate of drug-likeness (QED) is 0.810. The smallest absolute Gasteiger partial charge is 0.322 e. The normalized spacial score (nSPS) is 13.4. The number of rotatable bonds is 7. The number of carbonyl (C=O) groups is 1. The van der Waals surface area contributed by atoms with Crippen LogP contribution in [0.4, 0.5) is 10.5 Å². The molecular weight excluding hydrogens is 316 g/mol. The number of aryl methyl sites for hydroxylation is 1. The van der Waals surface area contributed by atoms with Crippen molar-refractivity contribution in [3.8, 4) is 5.75 Å². The summed E-state index contributed by atoms with van der Waals surface area (Å²) in [6, 6.07) is 15.6. The molecule has 132 valence electrons. The lowest BCUT2D eigenvalue weighted by molar-refractivity contribution is 0.185. The molecule has 1 aliphatic carbocycles. The van der Waals surface area contributed by atoms with Gasteiger partial charge in [0.1, 0.15) is 12.4 Å². The number of aliphatic hydroxyl groups is 1. The number of nitrogens with one attached hydrogen (secondary N) is 1. The van der Waals surface area contributed by atoms with Gasteiger partial charge in [-0.3, -0.25) is 0 Å². The molecule has 2 aromatic rings. The Hall–Kier alpha value is -2.53. The molecule has 1 aliphatic rings. The molecule has 2 aromatic carbocycles. The molecule has 3 rings (SSSR count). The SMILES string of the molecule is Cc1ccccc1COc1cccc(NC(=O)N(CCO)C2CC2)c1. The van der Waals surface area contributed by atoms with Gasteiger partial charge in [-0.25, -0.2) is 4.79 Å². The van der Waals surface area contributed by atoms with Crippen molar-refractivity contribution in [3.63, 3.8) is 0 Å². The van der Waals surface area contributed by atoms with Crippen molar-refractivity contribution >= 4 is 11.7 Å². The van der Waals surface area contributed by atoms with Gasteiger partial charge in [0.2, 0.25) is 0 Å². The second-order valence-corrected chi connectivity index (χ2v) is 6.32. The van der Waals surface area contributed by atoms with Crippen LogP contribution in [0.3, 0.4) is 0 Å². The summed E-state index contributed by atoms with van der Waals surface area (Å²) in [5.74, 6) is 0.709. The Morgan fingerprint density at radius 1 is 1.24 bits per heavy atom. The number of nitrogens with zero attached hydrogens (tertiary/aromatic N) is 1. The van der Waals surface area contributed by atoms with Crippen molar-refractivity contribution in [1.29, 1.82) is 0 Å². The molecule has 0 spiro atoms. The van der Waals surface area contributed by atoms with E-state index in [1.807, 2.05) is 42.5 Å². The van der Waals surface area contributed by atoms with Gasteiger partial charge in [0.05, 0.1) is 6.61 Å². The molecule has 2 N–H and O–H groups in total. The molecule has 0 saturated heterocycles. The third-order valence-corrected chi connectivity index (χ3v) is 4.33. The van der Waals surface area contributed by atoms with E-state index in [1.165, 1.54) is 5.56 Å². The molecule has 0 unspecified atom stereocenters. The fourth-order valence-electron chi connectivity index (χ4n) is 2.74. The fraction of sp³-hybridized carbons (Fsp3) is 0.350. The summed E-state index contributed by atoms with van der Waals surface area (Å²) in [6.45, 7) is 2.88. The van der Waals surface area contributed by atoms with Gasteiger partial charge in [0.25, 0.3) is 0 Å². The van der Waals surface area contributed by atoms with E-state index >= 15 is 0 Å². The van der Waals surface area contributed by atoms with Crippen molar-refractivity contribution in [1.82, 2.24) is 4.90 Å². The van der Waals surface area contributed by atoms with Crippen molar-refractivity contribution in [2.75, 3.05) is 18.5 Å². The molecule has 0 radical (unpaired) electrons. The number of carbonyl (C=O) groups excluding carboxylic acids is 1. The summed E-state index contributed by atoms with van der Waals surface area (Å²) in [5.41, 5.74) is 3.02. The Kier molecular flexibility index (Phi) is 5.56. The second-order valence-electron chi connectivity index (χ2n) is 6.32. The number of aliphatic hydroxyl groups excluding tert-OH is 1. The number of ether oxygens (including phenoxy) is 1. The Bertz CT molecular complexity index is 728. The van der Waals surface area contributed by atoms with Gasteiger partial charge >= 0.3 is 6.03 Å². The van der Waals surface area contributed by atoms with Gasteiger partial charge in [0.15, 0.2) is 0 Å². The third kappa shape index (κ3) is 4.73. The molecule has 0 atom stereocenters. The molecule has 0 aliphatic heterocycles. The highest BCUT2D eigenvalue weighted by Gasteiger charge is 2.32. The van der Waals surface area contributed by atoms with Gasteiger partial charge in [0, 0.05) is 24.3 Å². The zero-order valence-corrected chi connectivity index (χ0v) is 14.4. The van der Waals surface area contributed by atoms with Gasteiger partial charge < -0.3 is 20.1 Å². The van der Waals surface area contributed by atoms with Gasteiger partial charge in [-0.2, -0.15) is 0 Å². The first-order chi connectivity index (χ1) is 12.2. The molecule has 1 fully saturated rings. The predicted octanol–water partition coefficient (Wildman–Crippen LogP) is 3.56. The Morgan fingerprint density at radius 3 is 2.76 bits per heavy atom. The van der Waals surface area contributed by atoms with Crippen LogP contribution in [0.25, 0.3) is 0 Å². The lowest BCUT2D eigenvalue weighted by Crippen LogP contribution is -2.38. The molecular formula is C20H24N2O3. The topological polar surface area (TPSA) is 61.8 Å². The molecule has 0 heterocycles. The van der Waals surface area contributed by atoms with E-state index in [2.05, 4.69) is 18.3 Å². The monoisotopic (exact) mass is 340 g/mol. The van der Waals surface area contributed by atoms with Crippen LogP contribution in [0.15, 0.2) is 48.5 Å². The Morgan fingerprint density at radius 2 is 2.04 bits per heavy atom. The van der Waals surface area contributed by atoms with Gasteiger partial charge in [-0.15, -0.1) is 0 Å². The lowest BCUT2D eigenvalue weighted by Gasteiger charge is -2.22. The van der Waals surface area contributed by atoms with E-state index in [-0.39, 0.29) is 18.7 Å². The highest BCUT2D eigenvalue weighted by atomic mass is 16.5. The van der Waals surface area contributed by atoms with Gasteiger partial charge in [-0.05, 0) is 43.0 Å². The van der Waals surface area contributed by atoms with Crippen LogP contribution in [0.2, 0.25) is 0 Å². The van der Waals surface area contributed by atoms with Crippen molar-refractivity contribution in [2.45, 2.75) is 32.4 Å². The molecule has 5 nitrogen and oxygen atoms in total. The summed E-state index contributed by atoms with van der Waals surface area (Å²) in [6.07, 6.45) is 2.01. The summed E-state index contributed by atoms with van der Waals surface area (Å²) in [4.78, 5) is 14.1. The average Bonchev–Trinajstić information content (AvgIpc) is 3.44. The number of hydrogen-bond acceptors (Lipinski definition) is 3. The van der Waals surface area contributed by atoms with Crippen LogP contribution in [0.5, 0.6) is 5.75 Å². The maximum Gasteiger partial charge on any atom is 0.322 e. The highest BCUT2D eigenvalue weighted by molar-refractivity contribution is 5.90. The highest BCUT2D eigenvalue weighted by Crippen LogP contribution is 2.27. The summed E-state index contributed by atoms with van der Waals surface area (Å²) in [7, 11) is 0. The van der Waals surface area contributed by atoms with Crippen LogP contribution in [0, 0.1) is 6.92 Å². The second kappa shape index (κ2) is 8.03. The number of hydrogen-bond donors (Lipinski definition) is 2. The largest absolute Gasteiger partial charge is 0.489 e. The van der Waals surface area contributed by atoms with E-state index in [4.69, 9.17) is 9.84 Å². The van der Waals surface area contributed by atoms with Crippen LogP contribution in [-0.2, 0) is 6.61 Å². The molecule has 5 heteroatoms.